The van der Waals surface area contributed by atoms with Crippen molar-refractivity contribution >= 4 is 12.0 Å². The first kappa shape index (κ1) is 13.8. The van der Waals surface area contributed by atoms with Crippen LogP contribution >= 0.6 is 0 Å². The van der Waals surface area contributed by atoms with Crippen LogP contribution in [0.3, 0.4) is 0 Å². The Balaban J connectivity index is 0.00000196. The fraction of sp³-hybridized carbons (Fsp3) is 0.0833. The molecule has 0 unspecified atom stereocenters. The number of aliphatic carboxylic acids is 1. The molecule has 72 valence electrons. The minimum atomic E-state index is -1.19. The van der Waals surface area contributed by atoms with E-state index < -0.39 is 5.97 Å². The first-order valence-corrected chi connectivity index (χ1v) is 4.31. The van der Waals surface area contributed by atoms with E-state index in [1.165, 1.54) is 0 Å². The van der Waals surface area contributed by atoms with Gasteiger partial charge in [-0.3, -0.25) is 0 Å². The molecule has 1 aromatic carbocycles. The van der Waals surface area contributed by atoms with Crippen molar-refractivity contribution in [1.82, 2.24) is 0 Å². The van der Waals surface area contributed by atoms with E-state index in [2.05, 4.69) is 6.58 Å². The summed E-state index contributed by atoms with van der Waals surface area (Å²) in [6.07, 6.45) is 3.93. The summed E-state index contributed by atoms with van der Waals surface area (Å²) >= 11 is 0. The minimum absolute atomic E-state index is 0. The standard InChI is InChI=1S/C12H12O2.Li/c1-10(12(13)14)6-5-9-11-7-3-2-4-8-11;/h2-5,7-9H,1,6H2,(H,13,14);/q;+1/p-1. The van der Waals surface area contributed by atoms with E-state index in [0.29, 0.717) is 6.42 Å². The molecular weight excluding hydrogens is 183 g/mol. The maximum absolute atomic E-state index is 10.3. The van der Waals surface area contributed by atoms with Crippen molar-refractivity contribution in [3.63, 3.8) is 0 Å². The molecule has 0 aromatic heterocycles. The summed E-state index contributed by atoms with van der Waals surface area (Å²) in [6, 6.07) is 9.66. The molecule has 3 heteroatoms. The summed E-state index contributed by atoms with van der Waals surface area (Å²) in [5.74, 6) is -1.19. The number of hydrogen-bond donors (Lipinski definition) is 0. The van der Waals surface area contributed by atoms with Gasteiger partial charge in [0.1, 0.15) is 0 Å². The number of carbonyl (C=O) groups is 1. The van der Waals surface area contributed by atoms with Gasteiger partial charge in [-0.15, -0.1) is 0 Å². The van der Waals surface area contributed by atoms with E-state index in [1.807, 2.05) is 36.4 Å². The van der Waals surface area contributed by atoms with Gasteiger partial charge in [0, 0.05) is 0 Å². The first-order valence-electron chi connectivity index (χ1n) is 4.31. The summed E-state index contributed by atoms with van der Waals surface area (Å²) < 4.78 is 0. The van der Waals surface area contributed by atoms with Gasteiger partial charge in [0.15, 0.2) is 0 Å². The molecule has 0 aliphatic rings. The third-order valence-corrected chi connectivity index (χ3v) is 1.76. The Morgan fingerprint density at radius 3 is 2.47 bits per heavy atom. The number of hydrogen-bond acceptors (Lipinski definition) is 2. The smallest absolute Gasteiger partial charge is 0.545 e. The quantitative estimate of drug-likeness (QED) is 0.428. The van der Waals surface area contributed by atoms with Gasteiger partial charge in [0.05, 0.1) is 5.97 Å². The van der Waals surface area contributed by atoms with Crippen molar-refractivity contribution in [2.24, 2.45) is 0 Å². The Kier molecular flexibility index (Phi) is 6.53. The average Bonchev–Trinajstić information content (AvgIpc) is 2.19. The molecule has 0 aliphatic carbocycles. The topological polar surface area (TPSA) is 40.1 Å². The normalized spacial score (nSPS) is 9.60. The molecule has 2 nitrogen and oxygen atoms in total. The van der Waals surface area contributed by atoms with E-state index >= 15 is 0 Å². The van der Waals surface area contributed by atoms with Crippen LogP contribution in [0.4, 0.5) is 0 Å². The van der Waals surface area contributed by atoms with Crippen molar-refractivity contribution in [1.29, 1.82) is 0 Å². The number of carboxylic acids is 1. The number of carboxylic acid groups (broad SMARTS) is 1. The van der Waals surface area contributed by atoms with Crippen LogP contribution < -0.4 is 24.0 Å². The van der Waals surface area contributed by atoms with E-state index in [0.717, 1.165) is 5.56 Å². The Hall–Kier alpha value is -1.23. The number of carbonyl (C=O) groups excluding carboxylic acids is 1. The Labute approximate surface area is 101 Å². The van der Waals surface area contributed by atoms with E-state index in [9.17, 15) is 9.90 Å². The van der Waals surface area contributed by atoms with Crippen LogP contribution in [0.1, 0.15) is 12.0 Å². The zero-order chi connectivity index (χ0) is 10.4. The van der Waals surface area contributed by atoms with Crippen molar-refractivity contribution in [3.05, 3.63) is 54.1 Å². The second-order valence-corrected chi connectivity index (χ2v) is 2.91. The summed E-state index contributed by atoms with van der Waals surface area (Å²) in [7, 11) is 0. The van der Waals surface area contributed by atoms with Gasteiger partial charge < -0.3 is 9.90 Å². The molecule has 1 aromatic rings. The van der Waals surface area contributed by atoms with Gasteiger partial charge in [-0.05, 0) is 17.6 Å². The predicted octanol–water partition coefficient (Wildman–Crippen LogP) is -1.60. The van der Waals surface area contributed by atoms with Crippen LogP contribution in [-0.4, -0.2) is 5.97 Å². The maximum atomic E-state index is 10.3. The molecule has 15 heavy (non-hydrogen) atoms. The van der Waals surface area contributed by atoms with Crippen LogP contribution in [0.5, 0.6) is 0 Å². The van der Waals surface area contributed by atoms with Gasteiger partial charge in [-0.1, -0.05) is 49.1 Å². The van der Waals surface area contributed by atoms with E-state index in [-0.39, 0.29) is 24.4 Å². The van der Waals surface area contributed by atoms with E-state index in [1.54, 1.807) is 6.08 Å². The molecule has 0 radical (unpaired) electrons. The second kappa shape index (κ2) is 7.11. The average molecular weight is 194 g/mol. The molecule has 0 spiro atoms. The Morgan fingerprint density at radius 1 is 1.33 bits per heavy atom. The van der Waals surface area contributed by atoms with Crippen molar-refractivity contribution in [2.45, 2.75) is 6.42 Å². The maximum Gasteiger partial charge on any atom is 1.00 e. The summed E-state index contributed by atoms with van der Waals surface area (Å²) in [5.41, 5.74) is 1.14. The van der Waals surface area contributed by atoms with Gasteiger partial charge in [-0.25, -0.2) is 0 Å². The third-order valence-electron chi connectivity index (χ3n) is 1.76. The monoisotopic (exact) mass is 194 g/mol. The SMILES string of the molecule is C=C(CC=Cc1ccccc1)C(=O)[O-].[Li+]. The molecule has 0 saturated heterocycles. The van der Waals surface area contributed by atoms with Gasteiger partial charge in [0.2, 0.25) is 0 Å². The van der Waals surface area contributed by atoms with Gasteiger partial charge >= 0.3 is 18.9 Å². The number of allylic oxidation sites excluding steroid dienone is 1. The number of rotatable bonds is 4. The molecule has 0 saturated carbocycles. The molecule has 0 bridgehead atoms. The van der Waals surface area contributed by atoms with Crippen molar-refractivity contribution in [2.75, 3.05) is 0 Å². The third kappa shape index (κ3) is 5.26. The van der Waals surface area contributed by atoms with Crippen LogP contribution in [0, 0.1) is 0 Å². The molecular formula is C12H11LiO2. The fourth-order valence-corrected chi connectivity index (χ4v) is 0.985. The van der Waals surface area contributed by atoms with Crippen LogP contribution in [-0.2, 0) is 4.79 Å². The summed E-state index contributed by atoms with van der Waals surface area (Å²) in [6.45, 7) is 3.37. The first-order chi connectivity index (χ1) is 6.70. The van der Waals surface area contributed by atoms with Crippen LogP contribution in [0.25, 0.3) is 6.08 Å². The summed E-state index contributed by atoms with van der Waals surface area (Å²) in [4.78, 5) is 10.3. The van der Waals surface area contributed by atoms with Gasteiger partial charge in [-0.2, -0.15) is 0 Å². The molecule has 0 N–H and O–H groups in total. The Bertz CT molecular complexity index is 355. The fourth-order valence-electron chi connectivity index (χ4n) is 0.985. The van der Waals surface area contributed by atoms with Crippen molar-refractivity contribution in [3.8, 4) is 0 Å². The second-order valence-electron chi connectivity index (χ2n) is 2.91. The van der Waals surface area contributed by atoms with Gasteiger partial charge in [0.25, 0.3) is 0 Å². The van der Waals surface area contributed by atoms with Crippen LogP contribution in [0.15, 0.2) is 48.6 Å². The number of benzene rings is 1. The zero-order valence-corrected chi connectivity index (χ0v) is 8.77. The Morgan fingerprint density at radius 2 is 1.93 bits per heavy atom. The van der Waals surface area contributed by atoms with E-state index in [4.69, 9.17) is 0 Å². The zero-order valence-electron chi connectivity index (χ0n) is 8.77. The minimum Gasteiger partial charge on any atom is -0.545 e. The van der Waals surface area contributed by atoms with Crippen molar-refractivity contribution < 1.29 is 28.8 Å². The molecule has 0 atom stereocenters. The molecule has 0 heterocycles. The molecule has 1 rings (SSSR count). The van der Waals surface area contributed by atoms with Crippen LogP contribution in [0.2, 0.25) is 0 Å². The largest absolute Gasteiger partial charge is 1.00 e. The molecule has 0 amide bonds. The summed E-state index contributed by atoms with van der Waals surface area (Å²) in [5, 5.41) is 10.3. The molecule has 0 fully saturated rings. The molecule has 0 aliphatic heterocycles. The predicted molar refractivity (Wildman–Crippen MR) is 54.2 cm³/mol.